The zero-order valence-corrected chi connectivity index (χ0v) is 11.6. The first-order valence-electron chi connectivity index (χ1n) is 4.49. The third-order valence-electron chi connectivity index (χ3n) is 2.03. The van der Waals surface area contributed by atoms with E-state index in [0.29, 0.717) is 5.56 Å². The molecule has 16 heavy (non-hydrogen) atoms. The number of benzene rings is 1. The highest BCUT2D eigenvalue weighted by atomic mass is 79.9. The molecule has 4 nitrogen and oxygen atoms in total. The first kappa shape index (κ1) is 13.2. The number of hydrogen-bond acceptors (Lipinski definition) is 3. The van der Waals surface area contributed by atoms with Crippen molar-refractivity contribution < 1.29 is 13.2 Å². The molecule has 1 amide bonds. The van der Waals surface area contributed by atoms with Gasteiger partial charge >= 0.3 is 0 Å². The summed E-state index contributed by atoms with van der Waals surface area (Å²) in [5.74, 6) is -0.601. The maximum absolute atomic E-state index is 11.6. The van der Waals surface area contributed by atoms with E-state index in [1.54, 1.807) is 19.1 Å². The van der Waals surface area contributed by atoms with Crippen molar-refractivity contribution in [1.29, 1.82) is 0 Å². The first-order chi connectivity index (χ1) is 7.20. The molecular weight excluding hydrogens is 294 g/mol. The SMILES string of the molecule is Cc1cc(C(=O)NS(C)(=O)=O)c(C)cc1Br. The monoisotopic (exact) mass is 305 g/mol. The van der Waals surface area contributed by atoms with Gasteiger partial charge in [0.15, 0.2) is 0 Å². The molecule has 1 N–H and O–H groups in total. The van der Waals surface area contributed by atoms with Crippen LogP contribution in [0.15, 0.2) is 16.6 Å². The maximum Gasteiger partial charge on any atom is 0.264 e. The number of sulfonamides is 1. The lowest BCUT2D eigenvalue weighted by Gasteiger charge is -2.08. The van der Waals surface area contributed by atoms with Gasteiger partial charge in [0.25, 0.3) is 5.91 Å². The normalized spacial score (nSPS) is 11.2. The van der Waals surface area contributed by atoms with Crippen LogP contribution in [0.25, 0.3) is 0 Å². The molecule has 0 heterocycles. The smallest absolute Gasteiger partial charge is 0.264 e. The van der Waals surface area contributed by atoms with Gasteiger partial charge in [0.1, 0.15) is 0 Å². The largest absolute Gasteiger partial charge is 0.268 e. The van der Waals surface area contributed by atoms with E-state index in [1.165, 1.54) is 0 Å². The second kappa shape index (κ2) is 4.55. The van der Waals surface area contributed by atoms with Gasteiger partial charge < -0.3 is 0 Å². The van der Waals surface area contributed by atoms with Crippen LogP contribution in [0.2, 0.25) is 0 Å². The molecule has 88 valence electrons. The summed E-state index contributed by atoms with van der Waals surface area (Å²) in [7, 11) is -3.52. The van der Waals surface area contributed by atoms with E-state index >= 15 is 0 Å². The summed E-state index contributed by atoms with van der Waals surface area (Å²) in [6.45, 7) is 3.59. The molecular formula is C10H12BrNO3S. The fourth-order valence-electron chi connectivity index (χ4n) is 1.25. The van der Waals surface area contributed by atoms with Crippen LogP contribution in [0.5, 0.6) is 0 Å². The van der Waals surface area contributed by atoms with Crippen LogP contribution in [-0.2, 0) is 10.0 Å². The molecule has 0 fully saturated rings. The Morgan fingerprint density at radius 1 is 1.25 bits per heavy atom. The molecule has 1 aromatic rings. The molecule has 0 aliphatic heterocycles. The molecule has 0 spiro atoms. The Morgan fingerprint density at radius 3 is 2.31 bits per heavy atom. The fraction of sp³-hybridized carbons (Fsp3) is 0.300. The third-order valence-corrected chi connectivity index (χ3v) is 3.44. The second-order valence-electron chi connectivity index (χ2n) is 3.62. The van der Waals surface area contributed by atoms with E-state index in [0.717, 1.165) is 21.9 Å². The van der Waals surface area contributed by atoms with E-state index in [2.05, 4.69) is 15.9 Å². The average molecular weight is 306 g/mol. The lowest BCUT2D eigenvalue weighted by molar-refractivity contribution is 0.0981. The molecule has 0 aliphatic rings. The van der Waals surface area contributed by atoms with Gasteiger partial charge in [0, 0.05) is 10.0 Å². The van der Waals surface area contributed by atoms with Crippen molar-refractivity contribution in [3.63, 3.8) is 0 Å². The summed E-state index contributed by atoms with van der Waals surface area (Å²) in [6, 6.07) is 3.44. The molecule has 0 aliphatic carbocycles. The van der Waals surface area contributed by atoms with E-state index < -0.39 is 15.9 Å². The van der Waals surface area contributed by atoms with Crippen LogP contribution in [0.1, 0.15) is 21.5 Å². The predicted octanol–water partition coefficient (Wildman–Crippen LogP) is 1.76. The quantitative estimate of drug-likeness (QED) is 0.905. The Labute approximate surface area is 103 Å². The van der Waals surface area contributed by atoms with Crippen LogP contribution in [0.4, 0.5) is 0 Å². The Hall–Kier alpha value is -0.880. The molecule has 0 atom stereocenters. The molecule has 1 aromatic carbocycles. The highest BCUT2D eigenvalue weighted by Crippen LogP contribution is 2.21. The number of amides is 1. The lowest BCUT2D eigenvalue weighted by atomic mass is 10.1. The minimum Gasteiger partial charge on any atom is -0.268 e. The van der Waals surface area contributed by atoms with Crippen LogP contribution in [0, 0.1) is 13.8 Å². The molecule has 0 saturated heterocycles. The van der Waals surface area contributed by atoms with Crippen molar-refractivity contribution in [3.05, 3.63) is 33.3 Å². The van der Waals surface area contributed by atoms with Crippen molar-refractivity contribution in [2.45, 2.75) is 13.8 Å². The predicted molar refractivity (Wildman–Crippen MR) is 65.9 cm³/mol. The molecule has 0 bridgehead atoms. The second-order valence-corrected chi connectivity index (χ2v) is 6.22. The van der Waals surface area contributed by atoms with Gasteiger partial charge in [-0.1, -0.05) is 15.9 Å². The molecule has 0 aromatic heterocycles. The standard InChI is InChI=1S/C10H12BrNO3S/c1-6-5-9(11)7(2)4-8(6)10(13)12-16(3,14)15/h4-5H,1-3H3,(H,12,13). The number of halogens is 1. The number of carbonyl (C=O) groups excluding carboxylic acids is 1. The van der Waals surface area contributed by atoms with E-state index in [1.807, 2.05) is 11.6 Å². The van der Waals surface area contributed by atoms with Crippen LogP contribution in [0.3, 0.4) is 0 Å². The van der Waals surface area contributed by atoms with E-state index in [-0.39, 0.29) is 0 Å². The number of rotatable bonds is 2. The molecule has 6 heteroatoms. The summed E-state index contributed by atoms with van der Waals surface area (Å²) < 4.78 is 24.7. The molecule has 0 saturated carbocycles. The number of carbonyl (C=O) groups is 1. The van der Waals surface area contributed by atoms with Crippen molar-refractivity contribution in [2.24, 2.45) is 0 Å². The molecule has 0 radical (unpaired) electrons. The van der Waals surface area contributed by atoms with Crippen molar-refractivity contribution in [3.8, 4) is 0 Å². The highest BCUT2D eigenvalue weighted by Gasteiger charge is 2.14. The summed E-state index contributed by atoms with van der Waals surface area (Å²) in [5, 5.41) is 0. The minimum atomic E-state index is -3.52. The average Bonchev–Trinajstić information content (AvgIpc) is 2.08. The highest BCUT2D eigenvalue weighted by molar-refractivity contribution is 9.10. The minimum absolute atomic E-state index is 0.367. The van der Waals surface area contributed by atoms with Crippen LogP contribution in [-0.4, -0.2) is 20.6 Å². The zero-order valence-electron chi connectivity index (χ0n) is 9.17. The van der Waals surface area contributed by atoms with E-state index in [9.17, 15) is 13.2 Å². The number of nitrogens with one attached hydrogen (secondary N) is 1. The Bertz CT molecular complexity index is 537. The van der Waals surface area contributed by atoms with Gasteiger partial charge in [-0.15, -0.1) is 0 Å². The van der Waals surface area contributed by atoms with Crippen LogP contribution >= 0.6 is 15.9 Å². The van der Waals surface area contributed by atoms with Crippen LogP contribution < -0.4 is 4.72 Å². The van der Waals surface area contributed by atoms with Gasteiger partial charge in [-0.2, -0.15) is 0 Å². The molecule has 0 unspecified atom stereocenters. The summed E-state index contributed by atoms with van der Waals surface area (Å²) >= 11 is 3.34. The van der Waals surface area contributed by atoms with Gasteiger partial charge in [0.2, 0.25) is 10.0 Å². The van der Waals surface area contributed by atoms with Crippen molar-refractivity contribution in [2.75, 3.05) is 6.26 Å². The molecule has 1 rings (SSSR count). The lowest BCUT2D eigenvalue weighted by Crippen LogP contribution is -2.29. The fourth-order valence-corrected chi connectivity index (χ4v) is 2.15. The van der Waals surface area contributed by atoms with Gasteiger partial charge in [-0.3, -0.25) is 4.79 Å². The third kappa shape index (κ3) is 3.31. The summed E-state index contributed by atoms with van der Waals surface area (Å²) in [4.78, 5) is 11.6. The van der Waals surface area contributed by atoms with Gasteiger partial charge in [-0.05, 0) is 37.1 Å². The summed E-state index contributed by atoms with van der Waals surface area (Å²) in [6.07, 6.45) is 0.950. The Morgan fingerprint density at radius 2 is 1.81 bits per heavy atom. The van der Waals surface area contributed by atoms with Gasteiger partial charge in [-0.25, -0.2) is 13.1 Å². The Balaban J connectivity index is 3.15. The first-order valence-corrected chi connectivity index (χ1v) is 7.18. The van der Waals surface area contributed by atoms with Crippen molar-refractivity contribution >= 4 is 31.9 Å². The topological polar surface area (TPSA) is 63.2 Å². The number of aryl methyl sites for hydroxylation is 2. The maximum atomic E-state index is 11.6. The van der Waals surface area contributed by atoms with E-state index in [4.69, 9.17) is 0 Å². The van der Waals surface area contributed by atoms with Crippen molar-refractivity contribution in [1.82, 2.24) is 4.72 Å². The van der Waals surface area contributed by atoms with Gasteiger partial charge in [0.05, 0.1) is 6.26 Å². The summed E-state index contributed by atoms with van der Waals surface area (Å²) in [5.41, 5.74) is 1.97. The number of hydrogen-bond donors (Lipinski definition) is 1. The zero-order chi connectivity index (χ0) is 12.5. The Kier molecular flexibility index (Phi) is 3.75.